The van der Waals surface area contributed by atoms with Crippen molar-refractivity contribution in [2.75, 3.05) is 18.0 Å². The average molecular weight is 232 g/mol. The molecule has 0 aliphatic carbocycles. The van der Waals surface area contributed by atoms with Gasteiger partial charge in [0.1, 0.15) is 0 Å². The number of nitrogens with zero attached hydrogens (tertiary/aromatic N) is 2. The van der Waals surface area contributed by atoms with Crippen LogP contribution in [0, 0.1) is 17.2 Å². The average Bonchev–Trinajstić information content (AvgIpc) is 2.35. The quantitative estimate of drug-likeness (QED) is 0.849. The summed E-state index contributed by atoms with van der Waals surface area (Å²) in [5, 5.41) is 18.3. The molecule has 0 fully saturated rings. The predicted octanol–water partition coefficient (Wildman–Crippen LogP) is 2.73. The summed E-state index contributed by atoms with van der Waals surface area (Å²) < 4.78 is 0. The Hall–Kier alpha value is -1.53. The van der Waals surface area contributed by atoms with Crippen molar-refractivity contribution < 1.29 is 5.11 Å². The molecule has 1 rings (SSSR count). The fraction of sp³-hybridized carbons (Fsp3) is 0.500. The second kappa shape index (κ2) is 6.27. The fourth-order valence-corrected chi connectivity index (χ4v) is 1.75. The number of aliphatic hydroxyl groups is 1. The normalized spacial score (nSPS) is 13.8. The lowest BCUT2D eigenvalue weighted by Crippen LogP contribution is -2.27. The van der Waals surface area contributed by atoms with Crippen LogP contribution in [0.5, 0.6) is 0 Å². The Bertz CT molecular complexity index is 378. The van der Waals surface area contributed by atoms with E-state index in [1.165, 1.54) is 0 Å². The third kappa shape index (κ3) is 3.76. The molecule has 0 aliphatic rings. The van der Waals surface area contributed by atoms with Gasteiger partial charge in [-0.15, -0.1) is 0 Å². The van der Waals surface area contributed by atoms with Crippen LogP contribution in [0.3, 0.4) is 0 Å². The lowest BCUT2D eigenvalue weighted by molar-refractivity contribution is 0.199. The summed E-state index contributed by atoms with van der Waals surface area (Å²) in [6, 6.07) is 10.1. The summed E-state index contributed by atoms with van der Waals surface area (Å²) >= 11 is 0. The van der Waals surface area contributed by atoms with Crippen LogP contribution in [0.25, 0.3) is 0 Å². The van der Waals surface area contributed by atoms with Gasteiger partial charge in [0.2, 0.25) is 0 Å². The van der Waals surface area contributed by atoms with E-state index in [2.05, 4.69) is 17.9 Å². The highest BCUT2D eigenvalue weighted by Gasteiger charge is 2.09. The van der Waals surface area contributed by atoms with Gasteiger partial charge in [-0.05, 0) is 38.5 Å². The van der Waals surface area contributed by atoms with Crippen LogP contribution < -0.4 is 4.90 Å². The molecule has 17 heavy (non-hydrogen) atoms. The first-order valence-corrected chi connectivity index (χ1v) is 6.01. The van der Waals surface area contributed by atoms with Crippen molar-refractivity contribution in [3.05, 3.63) is 29.8 Å². The molecule has 0 aromatic heterocycles. The maximum Gasteiger partial charge on any atom is 0.0761 e. The van der Waals surface area contributed by atoms with Gasteiger partial charge in [-0.25, -0.2) is 0 Å². The predicted molar refractivity (Wildman–Crippen MR) is 69.7 cm³/mol. The third-order valence-electron chi connectivity index (χ3n) is 2.84. The van der Waals surface area contributed by atoms with Crippen molar-refractivity contribution in [1.29, 1.82) is 5.26 Å². The van der Waals surface area contributed by atoms with E-state index in [0.29, 0.717) is 0 Å². The highest BCUT2D eigenvalue weighted by atomic mass is 16.3. The van der Waals surface area contributed by atoms with Crippen molar-refractivity contribution in [2.24, 2.45) is 5.92 Å². The molecule has 1 unspecified atom stereocenters. The first-order valence-electron chi connectivity index (χ1n) is 6.01. The highest BCUT2D eigenvalue weighted by Crippen LogP contribution is 2.19. The number of hydrogen-bond donors (Lipinski definition) is 1. The number of rotatable bonds is 5. The molecule has 0 spiro atoms. The van der Waals surface area contributed by atoms with Gasteiger partial charge < -0.3 is 10.0 Å². The third-order valence-corrected chi connectivity index (χ3v) is 2.84. The minimum Gasteiger partial charge on any atom is -0.389 e. The minimum absolute atomic E-state index is 0.0198. The lowest BCUT2D eigenvalue weighted by Gasteiger charge is -2.24. The molecule has 2 atom stereocenters. The fourth-order valence-electron chi connectivity index (χ4n) is 1.75. The van der Waals surface area contributed by atoms with Gasteiger partial charge in [-0.3, -0.25) is 0 Å². The molecule has 1 aromatic rings. The van der Waals surface area contributed by atoms with Gasteiger partial charge in [0.25, 0.3) is 0 Å². The maximum absolute atomic E-state index is 9.44. The Morgan fingerprint density at radius 1 is 1.29 bits per heavy atom. The smallest absolute Gasteiger partial charge is 0.0761 e. The zero-order valence-corrected chi connectivity index (χ0v) is 10.7. The van der Waals surface area contributed by atoms with E-state index in [0.717, 1.165) is 24.3 Å². The van der Waals surface area contributed by atoms with E-state index in [-0.39, 0.29) is 5.92 Å². The molecular formula is C14H20N2O. The molecule has 0 heterocycles. The number of anilines is 1. The Morgan fingerprint density at radius 2 is 1.88 bits per heavy atom. The van der Waals surface area contributed by atoms with E-state index in [1.54, 1.807) is 6.92 Å². The van der Waals surface area contributed by atoms with Crippen LogP contribution in [0.4, 0.5) is 5.69 Å². The van der Waals surface area contributed by atoms with Crippen LogP contribution in [-0.4, -0.2) is 18.2 Å². The number of aliphatic hydroxyl groups excluding tert-OH is 1. The molecule has 3 heteroatoms. The molecule has 1 N–H and O–H groups in total. The Kier molecular flexibility index (Phi) is 4.99. The van der Waals surface area contributed by atoms with E-state index in [1.807, 2.05) is 31.2 Å². The Morgan fingerprint density at radius 3 is 2.29 bits per heavy atom. The topological polar surface area (TPSA) is 47.3 Å². The van der Waals surface area contributed by atoms with Gasteiger partial charge in [0.15, 0.2) is 0 Å². The van der Waals surface area contributed by atoms with E-state index in [9.17, 15) is 5.11 Å². The lowest BCUT2D eigenvalue weighted by atomic mass is 10.1. The van der Waals surface area contributed by atoms with Crippen molar-refractivity contribution in [3.8, 4) is 6.07 Å². The monoisotopic (exact) mass is 232 g/mol. The number of hydrogen-bond acceptors (Lipinski definition) is 3. The summed E-state index contributed by atoms with van der Waals surface area (Å²) in [5.74, 6) is 0.0198. The van der Waals surface area contributed by atoms with Gasteiger partial charge >= 0.3 is 0 Å². The Balaban J connectivity index is 2.79. The first kappa shape index (κ1) is 13.5. The van der Waals surface area contributed by atoms with Crippen LogP contribution in [-0.2, 0) is 0 Å². The molecular weight excluding hydrogens is 212 g/mol. The molecule has 0 bridgehead atoms. The summed E-state index contributed by atoms with van der Waals surface area (Å²) in [5.41, 5.74) is 2.01. The highest BCUT2D eigenvalue weighted by molar-refractivity contribution is 5.48. The maximum atomic E-state index is 9.44. The van der Waals surface area contributed by atoms with Gasteiger partial charge in [-0.1, -0.05) is 12.1 Å². The molecule has 1 aromatic carbocycles. The van der Waals surface area contributed by atoms with Crippen LogP contribution in [0.1, 0.15) is 32.4 Å². The van der Waals surface area contributed by atoms with Crippen LogP contribution in [0.2, 0.25) is 0 Å². The summed E-state index contributed by atoms with van der Waals surface area (Å²) in [7, 11) is 0. The number of benzene rings is 1. The standard InChI is InChI=1S/C14H20N2O/c1-4-16(10-11(2)9-15)14-7-5-13(6-8-14)12(3)17/h5-8,11-12,17H,4,10H2,1-3H3/t11?,12-/m0/s1. The molecule has 0 radical (unpaired) electrons. The second-order valence-electron chi connectivity index (χ2n) is 4.34. The van der Waals surface area contributed by atoms with Crippen molar-refractivity contribution in [1.82, 2.24) is 0 Å². The first-order chi connectivity index (χ1) is 8.08. The minimum atomic E-state index is -0.433. The van der Waals surface area contributed by atoms with Crippen molar-refractivity contribution in [2.45, 2.75) is 26.9 Å². The molecule has 0 amide bonds. The van der Waals surface area contributed by atoms with Gasteiger partial charge in [0.05, 0.1) is 18.1 Å². The van der Waals surface area contributed by atoms with Crippen LogP contribution in [0.15, 0.2) is 24.3 Å². The number of nitriles is 1. The summed E-state index contributed by atoms with van der Waals surface area (Å²) in [4.78, 5) is 2.17. The van der Waals surface area contributed by atoms with E-state index < -0.39 is 6.10 Å². The molecule has 0 saturated carbocycles. The Labute approximate surface area is 103 Å². The second-order valence-corrected chi connectivity index (χ2v) is 4.34. The zero-order valence-electron chi connectivity index (χ0n) is 10.7. The van der Waals surface area contributed by atoms with E-state index >= 15 is 0 Å². The van der Waals surface area contributed by atoms with Gasteiger partial charge in [0, 0.05) is 18.8 Å². The largest absolute Gasteiger partial charge is 0.389 e. The zero-order chi connectivity index (χ0) is 12.8. The van der Waals surface area contributed by atoms with Gasteiger partial charge in [-0.2, -0.15) is 5.26 Å². The van der Waals surface area contributed by atoms with Crippen LogP contribution >= 0.6 is 0 Å². The van der Waals surface area contributed by atoms with E-state index in [4.69, 9.17) is 5.26 Å². The summed E-state index contributed by atoms with van der Waals surface area (Å²) in [6.07, 6.45) is -0.433. The molecule has 0 saturated heterocycles. The molecule has 3 nitrogen and oxygen atoms in total. The summed E-state index contributed by atoms with van der Waals surface area (Å²) in [6.45, 7) is 7.37. The van der Waals surface area contributed by atoms with Crippen molar-refractivity contribution >= 4 is 5.69 Å². The molecule has 92 valence electrons. The van der Waals surface area contributed by atoms with Crippen molar-refractivity contribution in [3.63, 3.8) is 0 Å². The SMILES string of the molecule is CCN(CC(C)C#N)c1ccc([C@H](C)O)cc1. The molecule has 0 aliphatic heterocycles.